The minimum atomic E-state index is -0.260. The van der Waals surface area contributed by atoms with Crippen molar-refractivity contribution in [3.05, 3.63) is 82.3 Å². The average Bonchev–Trinajstić information content (AvgIpc) is 3.21. The predicted molar refractivity (Wildman–Crippen MR) is 119 cm³/mol. The largest absolute Gasteiger partial charge is 0.378 e. The maximum absolute atomic E-state index is 13.8. The van der Waals surface area contributed by atoms with Gasteiger partial charge in [-0.1, -0.05) is 12.1 Å². The summed E-state index contributed by atoms with van der Waals surface area (Å²) in [5.41, 5.74) is 4.80. The normalized spacial score (nSPS) is 14.3. The van der Waals surface area contributed by atoms with E-state index in [9.17, 15) is 9.18 Å². The molecule has 5 rings (SSSR count). The van der Waals surface area contributed by atoms with Crippen molar-refractivity contribution in [1.82, 2.24) is 14.5 Å². The number of pyridine rings is 2. The number of hydrogen-bond acceptors (Lipinski definition) is 4. The van der Waals surface area contributed by atoms with Crippen LogP contribution in [0.4, 0.5) is 10.1 Å². The number of aromatic nitrogens is 3. The molecule has 4 aromatic rings. The van der Waals surface area contributed by atoms with Crippen LogP contribution in [0.5, 0.6) is 0 Å². The summed E-state index contributed by atoms with van der Waals surface area (Å²) in [6, 6.07) is 10.7. The van der Waals surface area contributed by atoms with Crippen LogP contribution in [0.3, 0.4) is 0 Å². The molecule has 31 heavy (non-hydrogen) atoms. The van der Waals surface area contributed by atoms with E-state index >= 15 is 0 Å². The minimum Gasteiger partial charge on any atom is -0.378 e. The molecule has 3 aromatic heterocycles. The van der Waals surface area contributed by atoms with E-state index in [2.05, 4.69) is 20.9 Å². The fourth-order valence-corrected chi connectivity index (χ4v) is 3.96. The Balaban J connectivity index is 1.46. The first-order chi connectivity index (χ1) is 15.1. The van der Waals surface area contributed by atoms with E-state index in [0.29, 0.717) is 25.3 Å². The Kier molecular flexibility index (Phi) is 5.03. The van der Waals surface area contributed by atoms with Crippen LogP contribution in [0.25, 0.3) is 22.2 Å². The highest BCUT2D eigenvalue weighted by molar-refractivity contribution is 5.95. The van der Waals surface area contributed by atoms with Gasteiger partial charge in [0, 0.05) is 42.5 Å². The molecule has 0 spiro atoms. The summed E-state index contributed by atoms with van der Waals surface area (Å²) in [7, 11) is 0. The zero-order valence-electron chi connectivity index (χ0n) is 17.3. The lowest BCUT2D eigenvalue weighted by Gasteiger charge is -2.28. The third-order valence-corrected chi connectivity index (χ3v) is 5.79. The first-order valence-corrected chi connectivity index (χ1v) is 10.3. The molecule has 0 aliphatic carbocycles. The van der Waals surface area contributed by atoms with Gasteiger partial charge in [-0.15, -0.1) is 0 Å². The second-order valence-electron chi connectivity index (χ2n) is 7.86. The van der Waals surface area contributed by atoms with Gasteiger partial charge in [-0.05, 0) is 41.8 Å². The Morgan fingerprint density at radius 1 is 1.16 bits per heavy atom. The van der Waals surface area contributed by atoms with Crippen LogP contribution in [0, 0.1) is 12.7 Å². The number of morpholine rings is 1. The predicted octanol–water partition coefficient (Wildman–Crippen LogP) is 3.72. The molecular weight excluding hydrogens is 395 g/mol. The Hall–Kier alpha value is -3.45. The quantitative estimate of drug-likeness (QED) is 0.549. The maximum atomic E-state index is 13.8. The highest BCUT2D eigenvalue weighted by Crippen LogP contribution is 2.30. The number of nitrogens with one attached hydrogen (secondary N) is 1. The van der Waals surface area contributed by atoms with E-state index < -0.39 is 0 Å². The van der Waals surface area contributed by atoms with Crippen molar-refractivity contribution >= 4 is 16.7 Å². The zero-order valence-corrected chi connectivity index (χ0v) is 17.3. The third kappa shape index (κ3) is 3.84. The molecule has 0 unspecified atom stereocenters. The van der Waals surface area contributed by atoms with Gasteiger partial charge in [0.25, 0.3) is 5.56 Å². The number of ether oxygens (including phenoxy) is 1. The van der Waals surface area contributed by atoms with Gasteiger partial charge in [0.05, 0.1) is 31.6 Å². The summed E-state index contributed by atoms with van der Waals surface area (Å²) < 4.78 is 20.9. The summed E-state index contributed by atoms with van der Waals surface area (Å²) >= 11 is 0. The topological polar surface area (TPSA) is 63.1 Å². The van der Waals surface area contributed by atoms with Crippen molar-refractivity contribution in [2.24, 2.45) is 0 Å². The van der Waals surface area contributed by atoms with E-state index in [1.165, 1.54) is 6.07 Å². The van der Waals surface area contributed by atoms with Gasteiger partial charge in [-0.3, -0.25) is 4.79 Å². The molecule has 1 fully saturated rings. The lowest BCUT2D eigenvalue weighted by molar-refractivity contribution is 0.122. The van der Waals surface area contributed by atoms with Gasteiger partial charge in [0.1, 0.15) is 11.5 Å². The molecule has 0 amide bonds. The van der Waals surface area contributed by atoms with Crippen LogP contribution >= 0.6 is 0 Å². The zero-order chi connectivity index (χ0) is 21.4. The van der Waals surface area contributed by atoms with Gasteiger partial charge in [0.15, 0.2) is 0 Å². The van der Waals surface area contributed by atoms with Gasteiger partial charge < -0.3 is 19.2 Å². The van der Waals surface area contributed by atoms with E-state index in [1.807, 2.05) is 24.5 Å². The van der Waals surface area contributed by atoms with Crippen LogP contribution in [0.2, 0.25) is 0 Å². The molecule has 0 bridgehead atoms. The van der Waals surface area contributed by atoms with Crippen LogP contribution < -0.4 is 10.5 Å². The van der Waals surface area contributed by atoms with Gasteiger partial charge in [-0.2, -0.15) is 0 Å². The first-order valence-electron chi connectivity index (χ1n) is 10.3. The van der Waals surface area contributed by atoms with Crippen molar-refractivity contribution in [3.8, 4) is 11.1 Å². The standard InChI is InChI=1S/C24H23FN4O2/c1-16-2-3-17(10-22(16)25)15-29-5-4-18(11-23(29)30)21-14-27-24-20(21)12-19(13-26-24)28-6-8-31-9-7-28/h2-5,10-14H,6-9,15H2,1H3,(H,26,27). The summed E-state index contributed by atoms with van der Waals surface area (Å²) in [6.07, 6.45) is 5.51. The number of halogens is 1. The second-order valence-corrected chi connectivity index (χ2v) is 7.86. The first kappa shape index (κ1) is 19.5. The van der Waals surface area contributed by atoms with Crippen molar-refractivity contribution in [1.29, 1.82) is 0 Å². The number of rotatable bonds is 4. The number of aromatic amines is 1. The van der Waals surface area contributed by atoms with Gasteiger partial charge >= 0.3 is 0 Å². The van der Waals surface area contributed by atoms with Crippen LogP contribution in [-0.4, -0.2) is 40.8 Å². The molecule has 1 aromatic carbocycles. The molecule has 4 heterocycles. The lowest BCUT2D eigenvalue weighted by atomic mass is 10.1. The molecular formula is C24H23FN4O2. The van der Waals surface area contributed by atoms with Gasteiger partial charge in [0.2, 0.25) is 0 Å². The van der Waals surface area contributed by atoms with E-state index in [-0.39, 0.29) is 11.4 Å². The van der Waals surface area contributed by atoms with E-state index in [4.69, 9.17) is 4.74 Å². The number of anilines is 1. The average molecular weight is 418 g/mol. The molecule has 6 nitrogen and oxygen atoms in total. The van der Waals surface area contributed by atoms with Crippen molar-refractivity contribution in [2.45, 2.75) is 13.5 Å². The molecule has 0 radical (unpaired) electrons. The second kappa shape index (κ2) is 8.00. The number of H-pyrrole nitrogens is 1. The van der Waals surface area contributed by atoms with Crippen molar-refractivity contribution in [2.75, 3.05) is 31.2 Å². The lowest BCUT2D eigenvalue weighted by Crippen LogP contribution is -2.36. The molecule has 158 valence electrons. The fourth-order valence-electron chi connectivity index (χ4n) is 3.96. The molecule has 1 N–H and O–H groups in total. The van der Waals surface area contributed by atoms with E-state index in [0.717, 1.165) is 46.5 Å². The summed E-state index contributed by atoms with van der Waals surface area (Å²) in [4.78, 5) is 22.8. The molecule has 1 aliphatic heterocycles. The van der Waals surface area contributed by atoms with Gasteiger partial charge in [-0.25, -0.2) is 9.37 Å². The van der Waals surface area contributed by atoms with Crippen LogP contribution in [-0.2, 0) is 11.3 Å². The summed E-state index contributed by atoms with van der Waals surface area (Å²) in [5, 5.41) is 0.974. The summed E-state index contributed by atoms with van der Waals surface area (Å²) in [6.45, 7) is 5.14. The number of nitrogens with zero attached hydrogens (tertiary/aromatic N) is 3. The number of aryl methyl sites for hydroxylation is 1. The fraction of sp³-hybridized carbons (Fsp3) is 0.250. The Morgan fingerprint density at radius 3 is 2.77 bits per heavy atom. The van der Waals surface area contributed by atoms with Crippen molar-refractivity contribution in [3.63, 3.8) is 0 Å². The minimum absolute atomic E-state index is 0.134. The molecule has 0 saturated carbocycles. The Morgan fingerprint density at radius 2 is 2.00 bits per heavy atom. The number of fused-ring (bicyclic) bond motifs is 1. The molecule has 0 atom stereocenters. The Labute approximate surface area is 178 Å². The highest BCUT2D eigenvalue weighted by atomic mass is 19.1. The van der Waals surface area contributed by atoms with Crippen LogP contribution in [0.1, 0.15) is 11.1 Å². The molecule has 1 aliphatic rings. The van der Waals surface area contributed by atoms with Crippen molar-refractivity contribution < 1.29 is 9.13 Å². The summed E-state index contributed by atoms with van der Waals surface area (Å²) in [5.74, 6) is -0.260. The SMILES string of the molecule is Cc1ccc(Cn2ccc(-c3c[nH]c4ncc(N5CCOCC5)cc34)cc2=O)cc1F. The number of benzene rings is 1. The highest BCUT2D eigenvalue weighted by Gasteiger charge is 2.15. The maximum Gasteiger partial charge on any atom is 0.251 e. The number of hydrogen-bond donors (Lipinski definition) is 1. The van der Waals surface area contributed by atoms with E-state index in [1.54, 1.807) is 29.8 Å². The smallest absolute Gasteiger partial charge is 0.251 e. The van der Waals surface area contributed by atoms with Crippen LogP contribution in [0.15, 0.2) is 59.8 Å². The Bertz CT molecular complexity index is 1300. The third-order valence-electron chi connectivity index (χ3n) is 5.79. The molecule has 7 heteroatoms. The molecule has 1 saturated heterocycles. The monoisotopic (exact) mass is 418 g/mol.